The van der Waals surface area contributed by atoms with Gasteiger partial charge in [0, 0.05) is 5.56 Å². The molecule has 0 aliphatic rings. The fourth-order valence-corrected chi connectivity index (χ4v) is 2.72. The molecule has 5 heteroatoms. The normalized spacial score (nSPS) is 10.8. The molecule has 0 aliphatic heterocycles. The molecular formula is C20H18O5. The Morgan fingerprint density at radius 2 is 1.80 bits per heavy atom. The van der Waals surface area contributed by atoms with Crippen LogP contribution in [0.1, 0.15) is 19.4 Å². The standard InChI is InChI=1S/C20H18O5/c1-11(2)8-9-13-10-14(21)17(22)16-18(23)15(20(24)25-19(13)16)12-6-4-3-5-7-12/h3-8,10,21-22,24H,9H2,1-2H3. The van der Waals surface area contributed by atoms with Crippen molar-refractivity contribution in [3.05, 3.63) is 63.8 Å². The summed E-state index contributed by atoms with van der Waals surface area (Å²) >= 11 is 0. The maximum Gasteiger partial charge on any atom is 0.294 e. The van der Waals surface area contributed by atoms with Gasteiger partial charge in [-0.15, -0.1) is 0 Å². The second-order valence-corrected chi connectivity index (χ2v) is 6.07. The van der Waals surface area contributed by atoms with Crippen molar-refractivity contribution in [2.75, 3.05) is 0 Å². The molecule has 1 aromatic heterocycles. The van der Waals surface area contributed by atoms with Crippen molar-refractivity contribution < 1.29 is 19.7 Å². The first-order valence-corrected chi connectivity index (χ1v) is 7.82. The summed E-state index contributed by atoms with van der Waals surface area (Å²) < 4.78 is 5.48. The third kappa shape index (κ3) is 2.96. The molecule has 3 aromatic rings. The molecule has 0 saturated heterocycles. The lowest BCUT2D eigenvalue weighted by atomic mass is 10.0. The summed E-state index contributed by atoms with van der Waals surface area (Å²) in [5, 5.41) is 30.3. The molecule has 0 spiro atoms. The molecule has 1 heterocycles. The quantitative estimate of drug-likeness (QED) is 0.494. The van der Waals surface area contributed by atoms with Crippen LogP contribution in [0.15, 0.2) is 57.3 Å². The summed E-state index contributed by atoms with van der Waals surface area (Å²) in [5.41, 5.74) is 1.42. The SMILES string of the molecule is CC(C)=CCc1cc(O)c(O)c2c(=O)c(-c3ccccc3)c(O)oc12. The number of allylic oxidation sites excluding steroid dienone is 2. The van der Waals surface area contributed by atoms with E-state index >= 15 is 0 Å². The fraction of sp³-hybridized carbons (Fsp3) is 0.150. The molecule has 0 fully saturated rings. The number of rotatable bonds is 3. The van der Waals surface area contributed by atoms with Crippen LogP contribution in [0.5, 0.6) is 17.4 Å². The molecule has 0 aliphatic carbocycles. The van der Waals surface area contributed by atoms with Gasteiger partial charge in [0.05, 0.1) is 0 Å². The molecule has 5 nitrogen and oxygen atoms in total. The maximum absolute atomic E-state index is 12.9. The molecular weight excluding hydrogens is 320 g/mol. The Hall–Kier alpha value is -3.21. The van der Waals surface area contributed by atoms with E-state index in [4.69, 9.17) is 4.42 Å². The molecule has 128 valence electrons. The summed E-state index contributed by atoms with van der Waals surface area (Å²) in [4.78, 5) is 12.9. The molecule has 25 heavy (non-hydrogen) atoms. The number of aromatic hydroxyl groups is 3. The zero-order valence-electron chi connectivity index (χ0n) is 13.9. The van der Waals surface area contributed by atoms with E-state index in [0.29, 0.717) is 17.5 Å². The Morgan fingerprint density at radius 1 is 1.12 bits per heavy atom. The zero-order valence-corrected chi connectivity index (χ0v) is 13.9. The van der Waals surface area contributed by atoms with E-state index in [2.05, 4.69) is 0 Å². The molecule has 0 amide bonds. The second-order valence-electron chi connectivity index (χ2n) is 6.07. The number of fused-ring (bicyclic) bond motifs is 1. The topological polar surface area (TPSA) is 90.9 Å². The average Bonchev–Trinajstić information content (AvgIpc) is 2.57. The minimum Gasteiger partial charge on any atom is -0.504 e. The monoisotopic (exact) mass is 338 g/mol. The lowest BCUT2D eigenvalue weighted by molar-refractivity contribution is 0.340. The van der Waals surface area contributed by atoms with Crippen molar-refractivity contribution in [3.8, 4) is 28.6 Å². The molecule has 0 unspecified atom stereocenters. The third-order valence-electron chi connectivity index (χ3n) is 3.97. The fourth-order valence-electron chi connectivity index (χ4n) is 2.72. The predicted molar refractivity (Wildman–Crippen MR) is 96.0 cm³/mol. The van der Waals surface area contributed by atoms with Crippen molar-refractivity contribution in [2.24, 2.45) is 0 Å². The summed E-state index contributed by atoms with van der Waals surface area (Å²) in [6, 6.07) is 9.87. The van der Waals surface area contributed by atoms with E-state index in [0.717, 1.165) is 5.57 Å². The van der Waals surface area contributed by atoms with E-state index in [9.17, 15) is 20.1 Å². The number of phenols is 2. The highest BCUT2D eigenvalue weighted by Gasteiger charge is 2.22. The van der Waals surface area contributed by atoms with Crippen LogP contribution in [0.4, 0.5) is 0 Å². The van der Waals surface area contributed by atoms with Gasteiger partial charge in [-0.1, -0.05) is 42.0 Å². The Morgan fingerprint density at radius 3 is 2.44 bits per heavy atom. The van der Waals surface area contributed by atoms with Gasteiger partial charge < -0.3 is 19.7 Å². The molecule has 3 N–H and O–H groups in total. The lowest BCUT2D eigenvalue weighted by Crippen LogP contribution is -2.07. The summed E-state index contributed by atoms with van der Waals surface area (Å²) in [5.74, 6) is -1.48. The first-order chi connectivity index (χ1) is 11.9. The van der Waals surface area contributed by atoms with Gasteiger partial charge in [0.25, 0.3) is 5.95 Å². The summed E-state index contributed by atoms with van der Waals surface area (Å²) in [6.07, 6.45) is 2.28. The van der Waals surface area contributed by atoms with Gasteiger partial charge in [0.2, 0.25) is 5.43 Å². The van der Waals surface area contributed by atoms with E-state index in [-0.39, 0.29) is 16.5 Å². The molecule has 2 aromatic carbocycles. The van der Waals surface area contributed by atoms with Gasteiger partial charge in [0.15, 0.2) is 11.5 Å². The molecule has 0 radical (unpaired) electrons. The van der Waals surface area contributed by atoms with Crippen molar-refractivity contribution >= 4 is 11.0 Å². The minimum absolute atomic E-state index is 0.0536. The zero-order chi connectivity index (χ0) is 18.1. The van der Waals surface area contributed by atoms with Crippen molar-refractivity contribution in [2.45, 2.75) is 20.3 Å². The Balaban J connectivity index is 2.38. The number of phenolic OH excluding ortho intramolecular Hbond substituents is 2. The van der Waals surface area contributed by atoms with E-state index in [1.165, 1.54) is 6.07 Å². The highest BCUT2D eigenvalue weighted by molar-refractivity contribution is 5.92. The minimum atomic E-state index is -0.600. The molecule has 3 rings (SSSR count). The first-order valence-electron chi connectivity index (χ1n) is 7.82. The predicted octanol–water partition coefficient (Wildman–Crippen LogP) is 4.09. The van der Waals surface area contributed by atoms with Crippen molar-refractivity contribution in [3.63, 3.8) is 0 Å². The smallest absolute Gasteiger partial charge is 0.294 e. The van der Waals surface area contributed by atoms with E-state index < -0.39 is 22.9 Å². The summed E-state index contributed by atoms with van der Waals surface area (Å²) in [7, 11) is 0. The van der Waals surface area contributed by atoms with Gasteiger partial charge in [-0.25, -0.2) is 0 Å². The van der Waals surface area contributed by atoms with E-state index in [1.807, 2.05) is 19.9 Å². The number of hydrogen-bond donors (Lipinski definition) is 3. The summed E-state index contributed by atoms with van der Waals surface area (Å²) in [6.45, 7) is 3.84. The Bertz CT molecular complexity index is 1030. The lowest BCUT2D eigenvalue weighted by Gasteiger charge is -2.11. The first kappa shape index (κ1) is 16.6. The van der Waals surface area contributed by atoms with Crippen LogP contribution >= 0.6 is 0 Å². The highest BCUT2D eigenvalue weighted by Crippen LogP contribution is 2.39. The van der Waals surface area contributed by atoms with Crippen LogP contribution < -0.4 is 5.43 Å². The number of benzene rings is 2. The van der Waals surface area contributed by atoms with Gasteiger partial charge in [-0.05, 0) is 31.9 Å². The number of hydrogen-bond acceptors (Lipinski definition) is 5. The van der Waals surface area contributed by atoms with Crippen LogP contribution in [0.3, 0.4) is 0 Å². The molecule has 0 saturated carbocycles. The van der Waals surface area contributed by atoms with Crippen LogP contribution in [0, 0.1) is 0 Å². The van der Waals surface area contributed by atoms with Crippen LogP contribution in [0.25, 0.3) is 22.1 Å². The Kier molecular flexibility index (Phi) is 4.23. The van der Waals surface area contributed by atoms with Gasteiger partial charge >= 0.3 is 0 Å². The van der Waals surface area contributed by atoms with Crippen molar-refractivity contribution in [1.82, 2.24) is 0 Å². The Labute approximate surface area is 144 Å². The van der Waals surface area contributed by atoms with Gasteiger partial charge in [0.1, 0.15) is 16.5 Å². The average molecular weight is 338 g/mol. The van der Waals surface area contributed by atoms with Crippen molar-refractivity contribution in [1.29, 1.82) is 0 Å². The van der Waals surface area contributed by atoms with Gasteiger partial charge in [-0.3, -0.25) is 4.79 Å². The maximum atomic E-state index is 12.9. The van der Waals surface area contributed by atoms with Gasteiger partial charge in [-0.2, -0.15) is 0 Å². The molecule has 0 bridgehead atoms. The van der Waals surface area contributed by atoms with E-state index in [1.54, 1.807) is 30.3 Å². The third-order valence-corrected chi connectivity index (χ3v) is 3.97. The molecule has 0 atom stereocenters. The van der Waals surface area contributed by atoms with Crippen LogP contribution in [0.2, 0.25) is 0 Å². The second kappa shape index (κ2) is 6.36. The highest BCUT2D eigenvalue weighted by atomic mass is 16.5. The van der Waals surface area contributed by atoms with Crippen LogP contribution in [-0.2, 0) is 6.42 Å². The largest absolute Gasteiger partial charge is 0.504 e. The van der Waals surface area contributed by atoms with Crippen LogP contribution in [-0.4, -0.2) is 15.3 Å².